The number of urea groups is 2. The number of benzene rings is 4. The minimum absolute atomic E-state index is 0.321. The van der Waals surface area contributed by atoms with Crippen molar-refractivity contribution in [1.29, 1.82) is 5.26 Å². The molecule has 3 heterocycles. The van der Waals surface area contributed by atoms with Gasteiger partial charge in [-0.25, -0.2) is 28.3 Å². The van der Waals surface area contributed by atoms with Crippen LogP contribution in [0.15, 0.2) is 109 Å². The van der Waals surface area contributed by atoms with Gasteiger partial charge in [-0.15, -0.1) is 0 Å². The predicted octanol–water partition coefficient (Wildman–Crippen LogP) is 10.9. The van der Waals surface area contributed by atoms with Gasteiger partial charge in [0, 0.05) is 42.9 Å². The van der Waals surface area contributed by atoms with Crippen LogP contribution in [0.3, 0.4) is 0 Å². The smallest absolute Gasteiger partial charge is 0.383 e. The molecule has 0 unspecified atom stereocenters. The first-order valence-electron chi connectivity index (χ1n) is 18.7. The summed E-state index contributed by atoms with van der Waals surface area (Å²) in [6, 6.07) is 20.4. The van der Waals surface area contributed by atoms with Crippen LogP contribution in [-0.2, 0) is 12.4 Å². The molecule has 4 amide bonds. The summed E-state index contributed by atoms with van der Waals surface area (Å²) in [6.45, 7) is 2.60. The monoisotopic (exact) mass is 887 g/mol. The molecule has 3 aromatic heterocycles. The van der Waals surface area contributed by atoms with Gasteiger partial charge in [-0.3, -0.25) is 5.10 Å². The van der Waals surface area contributed by atoms with Crippen LogP contribution >= 0.6 is 0 Å². The Kier molecular flexibility index (Phi) is 13.3. The SMILES string of the molecule is CCN(C)c1nccc(-c2ccc(NC(=O)Nc3cc(C(F)(F)F)ccc3F)cc2)c1C#N.Nc1[nH]nc2nccc(-c3ccc(NC(=O)Nc4cc(C(F)(F)F)ccc4F)cc3)c12. The highest BCUT2D eigenvalue weighted by atomic mass is 19.4. The number of H-pyrrole nitrogens is 1. The summed E-state index contributed by atoms with van der Waals surface area (Å²) in [4.78, 5) is 34.5. The number of pyridine rings is 2. The molecule has 328 valence electrons. The van der Waals surface area contributed by atoms with E-state index in [4.69, 9.17) is 5.73 Å². The number of aromatic amines is 1. The van der Waals surface area contributed by atoms with Crippen molar-refractivity contribution >= 4 is 57.5 Å². The Morgan fingerprint density at radius 2 is 1.17 bits per heavy atom. The Balaban J connectivity index is 0.000000213. The predicted molar refractivity (Wildman–Crippen MR) is 225 cm³/mol. The van der Waals surface area contributed by atoms with Crippen LogP contribution in [0.2, 0.25) is 0 Å². The van der Waals surface area contributed by atoms with Gasteiger partial charge >= 0.3 is 24.4 Å². The van der Waals surface area contributed by atoms with E-state index in [-0.39, 0.29) is 0 Å². The fourth-order valence-corrected chi connectivity index (χ4v) is 6.08. The highest BCUT2D eigenvalue weighted by Crippen LogP contribution is 2.35. The third-order valence-corrected chi connectivity index (χ3v) is 9.35. The first-order valence-corrected chi connectivity index (χ1v) is 18.7. The number of alkyl halides is 6. The number of nitrogens with one attached hydrogen (secondary N) is 5. The topological polar surface area (TPSA) is 190 Å². The summed E-state index contributed by atoms with van der Waals surface area (Å²) in [6.07, 6.45) is -6.15. The summed E-state index contributed by atoms with van der Waals surface area (Å²) in [5, 5.41) is 26.0. The lowest BCUT2D eigenvalue weighted by Gasteiger charge is -2.18. The molecule has 7 rings (SSSR count). The summed E-state index contributed by atoms with van der Waals surface area (Å²) in [7, 11) is 1.83. The number of halogens is 8. The summed E-state index contributed by atoms with van der Waals surface area (Å²) in [5.41, 5.74) is 7.01. The number of nitriles is 1. The molecule has 7 N–H and O–H groups in total. The molecule has 13 nitrogen and oxygen atoms in total. The zero-order valence-corrected chi connectivity index (χ0v) is 33.3. The number of hydrogen-bond donors (Lipinski definition) is 6. The Hall–Kier alpha value is -8.28. The highest BCUT2D eigenvalue weighted by molar-refractivity contribution is 6.02. The van der Waals surface area contributed by atoms with Gasteiger partial charge in [0.2, 0.25) is 0 Å². The van der Waals surface area contributed by atoms with E-state index in [9.17, 15) is 50.0 Å². The van der Waals surface area contributed by atoms with Crippen LogP contribution in [0.4, 0.5) is 79.1 Å². The van der Waals surface area contributed by atoms with Gasteiger partial charge in [0.25, 0.3) is 0 Å². The molecule has 4 aromatic carbocycles. The molecule has 0 aliphatic rings. The number of fused-ring (bicyclic) bond motifs is 1. The van der Waals surface area contributed by atoms with Crippen molar-refractivity contribution in [2.24, 2.45) is 0 Å². The standard InChI is InChI=1S/C23H19F4N5O.C20H14F4N6O/c1-3-32(2)21-18(13-28)17(10-11-29-21)14-4-7-16(8-5-14)30-22(33)31-20-12-15(23(25,26)27)6-9-19(20)24;21-14-6-3-11(20(22,23)24)9-15(14)28-19(31)27-12-4-1-10(2-5-12)13-7-8-26-18-16(13)17(25)29-30-18/h4-12H,3H2,1-2H3,(H2,30,31,33);1-9H,(H2,27,28,31)(H3,25,26,29,30). The maximum atomic E-state index is 13.8. The zero-order chi connectivity index (χ0) is 46.3. The zero-order valence-electron chi connectivity index (χ0n) is 33.3. The van der Waals surface area contributed by atoms with E-state index in [2.05, 4.69) is 47.5 Å². The van der Waals surface area contributed by atoms with Crippen molar-refractivity contribution in [2.45, 2.75) is 19.3 Å². The number of nitrogen functional groups attached to an aromatic ring is 1. The number of carbonyl (C=O) groups excluding carboxylic acids is 2. The van der Waals surface area contributed by atoms with Crippen LogP contribution in [0.1, 0.15) is 23.6 Å². The second kappa shape index (κ2) is 18.8. The van der Waals surface area contributed by atoms with Gasteiger partial charge in [0.15, 0.2) is 5.65 Å². The normalized spacial score (nSPS) is 11.2. The van der Waals surface area contributed by atoms with E-state index >= 15 is 0 Å². The van der Waals surface area contributed by atoms with Crippen LogP contribution in [0.5, 0.6) is 0 Å². The van der Waals surface area contributed by atoms with Gasteiger partial charge in [-0.1, -0.05) is 24.3 Å². The lowest BCUT2D eigenvalue weighted by Crippen LogP contribution is -2.20. The van der Waals surface area contributed by atoms with E-state index < -0.39 is 58.6 Å². The molecular formula is C43H33F8N11O2. The van der Waals surface area contributed by atoms with Crippen molar-refractivity contribution in [2.75, 3.05) is 45.5 Å². The second-order valence-corrected chi connectivity index (χ2v) is 13.6. The largest absolute Gasteiger partial charge is 0.416 e. The molecule has 0 aliphatic heterocycles. The van der Waals surface area contributed by atoms with Crippen LogP contribution in [0.25, 0.3) is 33.3 Å². The van der Waals surface area contributed by atoms with Gasteiger partial charge in [0.05, 0.1) is 27.9 Å². The molecule has 0 radical (unpaired) electrons. The molecule has 0 aliphatic carbocycles. The van der Waals surface area contributed by atoms with Gasteiger partial charge in [0.1, 0.15) is 34.9 Å². The number of rotatable bonds is 8. The van der Waals surface area contributed by atoms with Crippen molar-refractivity contribution in [3.05, 3.63) is 138 Å². The minimum Gasteiger partial charge on any atom is -0.383 e. The molecule has 0 saturated carbocycles. The highest BCUT2D eigenvalue weighted by Gasteiger charge is 2.32. The molecule has 64 heavy (non-hydrogen) atoms. The molecule has 0 saturated heterocycles. The van der Waals surface area contributed by atoms with E-state index in [0.29, 0.717) is 93.7 Å². The summed E-state index contributed by atoms with van der Waals surface area (Å²) < 4.78 is 105. The van der Waals surface area contributed by atoms with Crippen molar-refractivity contribution in [3.63, 3.8) is 0 Å². The van der Waals surface area contributed by atoms with Crippen LogP contribution < -0.4 is 31.9 Å². The molecule has 21 heteroatoms. The number of anilines is 6. The molecule has 7 aromatic rings. The van der Waals surface area contributed by atoms with Gasteiger partial charge in [-0.05, 0) is 96.4 Å². The average molecular weight is 888 g/mol. The maximum Gasteiger partial charge on any atom is 0.416 e. The average Bonchev–Trinajstić information content (AvgIpc) is 3.65. The first-order chi connectivity index (χ1) is 30.4. The lowest BCUT2D eigenvalue weighted by atomic mass is 10.0. The molecule has 0 spiro atoms. The fraction of sp³-hybridized carbons (Fsp3) is 0.116. The van der Waals surface area contributed by atoms with Crippen LogP contribution in [-0.4, -0.2) is 45.8 Å². The minimum atomic E-state index is -4.67. The Bertz CT molecular complexity index is 2860. The molecular weight excluding hydrogens is 855 g/mol. The third-order valence-electron chi connectivity index (χ3n) is 9.35. The first kappa shape index (κ1) is 45.3. The van der Waals surface area contributed by atoms with Gasteiger partial charge < -0.3 is 31.9 Å². The quantitative estimate of drug-likeness (QED) is 0.0813. The lowest BCUT2D eigenvalue weighted by molar-refractivity contribution is -0.138. The van der Waals surface area contributed by atoms with E-state index in [1.807, 2.05) is 18.9 Å². The van der Waals surface area contributed by atoms with E-state index in [1.165, 1.54) is 0 Å². The molecule has 0 atom stereocenters. The molecule has 0 bridgehead atoms. The van der Waals surface area contributed by atoms with Gasteiger partial charge in [-0.2, -0.15) is 36.7 Å². The maximum absolute atomic E-state index is 13.8. The Labute approximate surface area is 357 Å². The number of nitrogens with two attached hydrogens (primary N) is 1. The van der Waals surface area contributed by atoms with Crippen molar-refractivity contribution in [1.82, 2.24) is 20.2 Å². The number of aromatic nitrogens is 4. The van der Waals surface area contributed by atoms with Crippen molar-refractivity contribution < 1.29 is 44.7 Å². The Morgan fingerprint density at radius 1 is 0.703 bits per heavy atom. The number of hydrogen-bond acceptors (Lipinski definition) is 8. The molecule has 0 fully saturated rings. The third kappa shape index (κ3) is 10.6. The summed E-state index contributed by atoms with van der Waals surface area (Å²) >= 11 is 0. The fourth-order valence-electron chi connectivity index (χ4n) is 6.08. The van der Waals surface area contributed by atoms with Crippen molar-refractivity contribution in [3.8, 4) is 28.3 Å². The number of amides is 4. The van der Waals surface area contributed by atoms with E-state index in [0.717, 1.165) is 11.1 Å². The Morgan fingerprint density at radius 3 is 1.64 bits per heavy atom. The number of nitrogens with zero attached hydrogens (tertiary/aromatic N) is 5. The van der Waals surface area contributed by atoms with Crippen LogP contribution in [0, 0.1) is 23.0 Å². The number of carbonyl (C=O) groups is 2. The summed E-state index contributed by atoms with van der Waals surface area (Å²) in [5.74, 6) is -1.08. The second-order valence-electron chi connectivity index (χ2n) is 13.6. The van der Waals surface area contributed by atoms with E-state index in [1.54, 1.807) is 73.1 Å².